The Kier molecular flexibility index (Phi) is 4.04. The zero-order chi connectivity index (χ0) is 14.3. The quantitative estimate of drug-likeness (QED) is 0.767. The van der Waals surface area contributed by atoms with Crippen LogP contribution in [0.2, 0.25) is 0 Å². The fraction of sp³-hybridized carbons (Fsp3) is 0.333. The molecule has 20 heavy (non-hydrogen) atoms. The maximum Gasteiger partial charge on any atom is 0.0841 e. The molecule has 1 aromatic carbocycles. The summed E-state index contributed by atoms with van der Waals surface area (Å²) in [4.78, 5) is 0.368. The number of nitrogens with two attached hydrogens (primary N) is 1. The van der Waals surface area contributed by atoms with E-state index in [-0.39, 0.29) is 6.54 Å². The molecule has 5 heteroatoms. The zero-order valence-corrected chi connectivity index (χ0v) is 14.1. The fourth-order valence-corrected chi connectivity index (χ4v) is 3.54. The van der Waals surface area contributed by atoms with Crippen LogP contribution in [0.1, 0.15) is 6.42 Å². The van der Waals surface area contributed by atoms with Crippen molar-refractivity contribution in [3.63, 3.8) is 0 Å². The molecule has 0 amide bonds. The lowest BCUT2D eigenvalue weighted by molar-refractivity contribution is 0.162. The van der Waals surface area contributed by atoms with Crippen molar-refractivity contribution in [3.8, 4) is 0 Å². The van der Waals surface area contributed by atoms with Crippen molar-refractivity contribution >= 4 is 54.9 Å². The van der Waals surface area contributed by atoms with E-state index in [2.05, 4.69) is 60.7 Å². The van der Waals surface area contributed by atoms with Crippen LogP contribution in [0.5, 0.6) is 0 Å². The van der Waals surface area contributed by atoms with E-state index in [9.17, 15) is 5.11 Å². The number of nitrogens with zero attached hydrogens (tertiary/aromatic N) is 1. The number of aliphatic hydroxyl groups is 1. The molecule has 3 rings (SSSR count). The summed E-state index contributed by atoms with van der Waals surface area (Å²) in [6.45, 7) is 0.803. The summed E-state index contributed by atoms with van der Waals surface area (Å²) >= 11 is 7.19. The molecule has 2 aromatic rings. The van der Waals surface area contributed by atoms with Gasteiger partial charge in [0.15, 0.2) is 0 Å². The van der Waals surface area contributed by atoms with E-state index in [0.717, 1.165) is 16.4 Å². The lowest BCUT2D eigenvalue weighted by Crippen LogP contribution is -2.36. The predicted octanol–water partition coefficient (Wildman–Crippen LogP) is 1.45. The fourth-order valence-electron chi connectivity index (χ4n) is 2.72. The van der Waals surface area contributed by atoms with Gasteiger partial charge in [0.05, 0.1) is 12.6 Å². The van der Waals surface area contributed by atoms with Crippen LogP contribution >= 0.6 is 31.9 Å². The number of aromatic nitrogens is 1. The van der Waals surface area contributed by atoms with E-state index >= 15 is 0 Å². The highest BCUT2D eigenvalue weighted by atomic mass is 79.9. The molecule has 2 unspecified atom stereocenters. The molecule has 3 N–H and O–H groups in total. The van der Waals surface area contributed by atoms with Crippen LogP contribution in [-0.4, -0.2) is 27.1 Å². The lowest BCUT2D eigenvalue weighted by atomic mass is 10.1. The minimum Gasteiger partial charge on any atom is -0.390 e. The predicted molar refractivity (Wildman–Crippen MR) is 90.2 cm³/mol. The SMILES string of the molecule is NCC(O)Cn1c2c(c3cc(Br)ccc31)=CC(Br)CC=2. The topological polar surface area (TPSA) is 51.2 Å². The van der Waals surface area contributed by atoms with Gasteiger partial charge in [0.2, 0.25) is 0 Å². The molecule has 1 aliphatic rings. The van der Waals surface area contributed by atoms with E-state index in [1.54, 1.807) is 0 Å². The standard InChI is InChI=1S/C15H16Br2N2O/c16-9-1-3-14-12(5-9)13-6-10(17)2-4-15(13)19(14)8-11(20)7-18/h1,3-6,10-11,20H,2,7-8,18H2. The van der Waals surface area contributed by atoms with Gasteiger partial charge in [-0.25, -0.2) is 0 Å². The minimum absolute atomic E-state index is 0.274. The second-order valence-electron chi connectivity index (χ2n) is 5.08. The van der Waals surface area contributed by atoms with Crippen molar-refractivity contribution in [3.05, 3.63) is 33.2 Å². The molecule has 0 spiro atoms. The molecular weight excluding hydrogens is 384 g/mol. The van der Waals surface area contributed by atoms with Crippen LogP contribution in [0.4, 0.5) is 0 Å². The molecule has 0 saturated carbocycles. The molecule has 1 heterocycles. The molecule has 0 bridgehead atoms. The van der Waals surface area contributed by atoms with Crippen molar-refractivity contribution in [2.24, 2.45) is 5.73 Å². The zero-order valence-electron chi connectivity index (χ0n) is 10.9. The van der Waals surface area contributed by atoms with E-state index in [1.807, 2.05) is 6.07 Å². The Morgan fingerprint density at radius 2 is 2.25 bits per heavy atom. The molecule has 0 fully saturated rings. The highest BCUT2D eigenvalue weighted by Crippen LogP contribution is 2.19. The summed E-state index contributed by atoms with van der Waals surface area (Å²) in [5, 5.41) is 13.5. The van der Waals surface area contributed by atoms with Crippen molar-refractivity contribution in [1.82, 2.24) is 4.57 Å². The average molecular weight is 400 g/mol. The lowest BCUT2D eigenvalue weighted by Gasteiger charge is -2.12. The van der Waals surface area contributed by atoms with Crippen molar-refractivity contribution < 1.29 is 5.11 Å². The van der Waals surface area contributed by atoms with E-state index in [0.29, 0.717) is 11.4 Å². The number of hydrogen-bond acceptors (Lipinski definition) is 2. The second-order valence-corrected chi connectivity index (χ2v) is 7.17. The smallest absolute Gasteiger partial charge is 0.0841 e. The number of halogens is 2. The van der Waals surface area contributed by atoms with Gasteiger partial charge in [0.25, 0.3) is 0 Å². The molecule has 0 radical (unpaired) electrons. The third kappa shape index (κ3) is 2.48. The van der Waals surface area contributed by atoms with Crippen molar-refractivity contribution in [2.45, 2.75) is 23.9 Å². The number of fused-ring (bicyclic) bond motifs is 3. The van der Waals surface area contributed by atoms with E-state index in [1.165, 1.54) is 16.0 Å². The Labute approximate surface area is 134 Å². The van der Waals surface area contributed by atoms with E-state index < -0.39 is 6.10 Å². The monoisotopic (exact) mass is 398 g/mol. The minimum atomic E-state index is -0.520. The van der Waals surface area contributed by atoms with Gasteiger partial charge in [-0.2, -0.15) is 0 Å². The molecular formula is C15H16Br2N2O. The Morgan fingerprint density at radius 3 is 3.00 bits per heavy atom. The maximum absolute atomic E-state index is 9.91. The number of alkyl halides is 1. The number of aliphatic hydroxyl groups excluding tert-OH is 1. The van der Waals surface area contributed by atoms with Gasteiger partial charge in [0.1, 0.15) is 0 Å². The summed E-state index contributed by atoms with van der Waals surface area (Å²) in [5.74, 6) is 0. The van der Waals surface area contributed by atoms with Crippen LogP contribution in [-0.2, 0) is 6.54 Å². The summed E-state index contributed by atoms with van der Waals surface area (Å²) in [6.07, 6.45) is 4.92. The molecule has 0 aliphatic heterocycles. The molecule has 1 aromatic heterocycles. The maximum atomic E-state index is 9.91. The van der Waals surface area contributed by atoms with Gasteiger partial charge < -0.3 is 15.4 Å². The number of benzene rings is 1. The summed E-state index contributed by atoms with van der Waals surface area (Å²) in [6, 6.07) is 6.26. The van der Waals surface area contributed by atoms with Crippen LogP contribution in [0.3, 0.4) is 0 Å². The third-order valence-electron chi connectivity index (χ3n) is 3.66. The molecule has 2 atom stereocenters. The Hall–Kier alpha value is -0.620. The molecule has 3 nitrogen and oxygen atoms in total. The third-order valence-corrected chi connectivity index (χ3v) is 4.79. The highest BCUT2D eigenvalue weighted by Gasteiger charge is 2.14. The summed E-state index contributed by atoms with van der Waals surface area (Å²) in [5.41, 5.74) is 6.70. The van der Waals surface area contributed by atoms with Crippen LogP contribution in [0.15, 0.2) is 22.7 Å². The summed E-state index contributed by atoms with van der Waals surface area (Å²) < 4.78 is 3.23. The largest absolute Gasteiger partial charge is 0.390 e. The highest BCUT2D eigenvalue weighted by molar-refractivity contribution is 9.10. The Balaban J connectivity index is 2.33. The first-order chi connectivity index (χ1) is 9.60. The van der Waals surface area contributed by atoms with E-state index in [4.69, 9.17) is 5.73 Å². The van der Waals surface area contributed by atoms with Gasteiger partial charge in [0, 0.05) is 37.3 Å². The average Bonchev–Trinajstić information content (AvgIpc) is 2.72. The van der Waals surface area contributed by atoms with Crippen molar-refractivity contribution in [1.29, 1.82) is 0 Å². The first-order valence-corrected chi connectivity index (χ1v) is 8.33. The summed E-state index contributed by atoms with van der Waals surface area (Å²) in [7, 11) is 0. The number of rotatable bonds is 3. The van der Waals surface area contributed by atoms with Gasteiger partial charge in [-0.1, -0.05) is 44.0 Å². The molecule has 106 valence electrons. The Bertz CT molecular complexity index is 766. The number of hydrogen-bond donors (Lipinski definition) is 2. The first kappa shape index (κ1) is 14.3. The van der Waals surface area contributed by atoms with Gasteiger partial charge in [-0.05, 0) is 24.6 Å². The Morgan fingerprint density at radius 1 is 1.45 bits per heavy atom. The van der Waals surface area contributed by atoms with Gasteiger partial charge >= 0.3 is 0 Å². The van der Waals surface area contributed by atoms with Gasteiger partial charge in [-0.15, -0.1) is 0 Å². The van der Waals surface area contributed by atoms with Gasteiger partial charge in [-0.3, -0.25) is 0 Å². The molecule has 0 saturated heterocycles. The van der Waals surface area contributed by atoms with Crippen molar-refractivity contribution in [2.75, 3.05) is 6.54 Å². The molecule has 1 aliphatic carbocycles. The normalized spacial score (nSPS) is 19.3. The van der Waals surface area contributed by atoms with Crippen LogP contribution in [0, 0.1) is 0 Å². The van der Waals surface area contributed by atoms with Crippen LogP contribution in [0.25, 0.3) is 23.1 Å². The first-order valence-electron chi connectivity index (χ1n) is 6.62. The van der Waals surface area contributed by atoms with Crippen LogP contribution < -0.4 is 16.3 Å². The second kappa shape index (κ2) is 5.64.